The predicted octanol–water partition coefficient (Wildman–Crippen LogP) is 3.51. The topological polar surface area (TPSA) is 87.3 Å². The lowest BCUT2D eigenvalue weighted by atomic mass is 10.1. The molecule has 7 nitrogen and oxygen atoms in total. The van der Waals surface area contributed by atoms with Gasteiger partial charge in [-0.3, -0.25) is 0 Å². The second-order valence-electron chi connectivity index (χ2n) is 8.44. The van der Waals surface area contributed by atoms with Crippen molar-refractivity contribution in [2.75, 3.05) is 18.0 Å². The first-order chi connectivity index (χ1) is 13.5. The highest BCUT2D eigenvalue weighted by Crippen LogP contribution is 2.34. The maximum absolute atomic E-state index is 14.4. The third-order valence-corrected chi connectivity index (χ3v) is 4.78. The van der Waals surface area contributed by atoms with Crippen molar-refractivity contribution in [2.24, 2.45) is 0 Å². The van der Waals surface area contributed by atoms with E-state index in [4.69, 9.17) is 4.42 Å². The molecule has 1 unspecified atom stereocenters. The van der Waals surface area contributed by atoms with E-state index in [1.807, 2.05) is 20.8 Å². The van der Waals surface area contributed by atoms with Gasteiger partial charge in [0.2, 0.25) is 0 Å². The first kappa shape index (κ1) is 19.5. The van der Waals surface area contributed by atoms with Crippen LogP contribution in [0.2, 0.25) is 0 Å². The third kappa shape index (κ3) is 3.87. The van der Waals surface area contributed by atoms with E-state index in [1.165, 1.54) is 11.0 Å². The molecular formula is C20H23F2N5O2. The number of aromatic hydroxyl groups is 1. The molecular weight excluding hydrogens is 380 g/mol. The van der Waals surface area contributed by atoms with Gasteiger partial charge in [-0.05, 0) is 39.0 Å². The minimum absolute atomic E-state index is 0.00463. The number of benzene rings is 1. The number of nitrogens with zero attached hydrogens (tertiary/aromatic N) is 4. The van der Waals surface area contributed by atoms with E-state index in [2.05, 4.69) is 20.5 Å². The second kappa shape index (κ2) is 6.62. The van der Waals surface area contributed by atoms with Gasteiger partial charge in [-0.2, -0.15) is 0 Å². The van der Waals surface area contributed by atoms with E-state index in [9.17, 15) is 13.9 Å². The fourth-order valence-electron chi connectivity index (χ4n) is 3.55. The number of aryl methyl sites for hydroxylation is 1. The SMILES string of the molecule is Cc1nc2cc(O)c(-c3ccc(N4CC(NC(C)(C)C)C(F)(F)C4)nn3)cc2o1. The average Bonchev–Trinajstić information content (AvgIpc) is 3.11. The van der Waals surface area contributed by atoms with E-state index in [0.29, 0.717) is 34.1 Å². The zero-order chi connectivity index (χ0) is 21.0. The lowest BCUT2D eigenvalue weighted by Crippen LogP contribution is -2.52. The highest BCUT2D eigenvalue weighted by atomic mass is 19.3. The molecule has 2 N–H and O–H groups in total. The molecule has 29 heavy (non-hydrogen) atoms. The number of hydrogen-bond acceptors (Lipinski definition) is 7. The quantitative estimate of drug-likeness (QED) is 0.692. The van der Waals surface area contributed by atoms with E-state index in [-0.39, 0.29) is 12.3 Å². The molecule has 2 aromatic heterocycles. The van der Waals surface area contributed by atoms with Crippen molar-refractivity contribution >= 4 is 16.9 Å². The van der Waals surface area contributed by atoms with Crippen LogP contribution in [0.4, 0.5) is 14.6 Å². The van der Waals surface area contributed by atoms with E-state index >= 15 is 0 Å². The number of hydrogen-bond donors (Lipinski definition) is 2. The molecule has 9 heteroatoms. The summed E-state index contributed by atoms with van der Waals surface area (Å²) in [5.74, 6) is -2.02. The molecule has 4 rings (SSSR count). The molecule has 1 fully saturated rings. The zero-order valence-electron chi connectivity index (χ0n) is 16.7. The van der Waals surface area contributed by atoms with E-state index in [0.717, 1.165) is 0 Å². The van der Waals surface area contributed by atoms with Gasteiger partial charge < -0.3 is 19.7 Å². The molecule has 0 radical (unpaired) electrons. The van der Waals surface area contributed by atoms with Gasteiger partial charge in [0.15, 0.2) is 17.3 Å². The average molecular weight is 403 g/mol. The van der Waals surface area contributed by atoms with E-state index < -0.39 is 24.0 Å². The molecule has 1 saturated heterocycles. The molecule has 154 valence electrons. The zero-order valence-corrected chi connectivity index (χ0v) is 16.7. The van der Waals surface area contributed by atoms with Gasteiger partial charge in [0.25, 0.3) is 5.92 Å². The van der Waals surface area contributed by atoms with Crippen LogP contribution in [-0.4, -0.2) is 50.9 Å². The second-order valence-corrected chi connectivity index (χ2v) is 8.44. The fraction of sp³-hybridized carbons (Fsp3) is 0.450. The molecule has 0 bridgehead atoms. The van der Waals surface area contributed by atoms with Gasteiger partial charge in [0, 0.05) is 30.6 Å². The fourth-order valence-corrected chi connectivity index (χ4v) is 3.55. The molecule has 3 heterocycles. The Hall–Kier alpha value is -2.81. The first-order valence-electron chi connectivity index (χ1n) is 9.36. The number of anilines is 1. The summed E-state index contributed by atoms with van der Waals surface area (Å²) in [5, 5.41) is 21.5. The number of nitrogens with one attached hydrogen (secondary N) is 1. The monoisotopic (exact) mass is 403 g/mol. The van der Waals surface area contributed by atoms with Gasteiger partial charge >= 0.3 is 0 Å². The van der Waals surface area contributed by atoms with E-state index in [1.54, 1.807) is 25.1 Å². The summed E-state index contributed by atoms with van der Waals surface area (Å²) in [6, 6.07) is 5.45. The number of oxazole rings is 1. The molecule has 1 aliphatic heterocycles. The van der Waals surface area contributed by atoms with Crippen LogP contribution in [-0.2, 0) is 0 Å². The number of fused-ring (bicyclic) bond motifs is 1. The summed E-state index contributed by atoms with van der Waals surface area (Å²) < 4.78 is 34.3. The number of alkyl halides is 2. The first-order valence-corrected chi connectivity index (χ1v) is 9.36. The molecule has 0 amide bonds. The van der Waals surface area contributed by atoms with Gasteiger partial charge in [0.1, 0.15) is 11.3 Å². The van der Waals surface area contributed by atoms with Crippen LogP contribution in [0.5, 0.6) is 5.75 Å². The Kier molecular flexibility index (Phi) is 4.45. The Morgan fingerprint density at radius 3 is 2.66 bits per heavy atom. The Morgan fingerprint density at radius 2 is 2.00 bits per heavy atom. The molecule has 3 aromatic rings. The normalized spacial score (nSPS) is 19.2. The summed E-state index contributed by atoms with van der Waals surface area (Å²) in [7, 11) is 0. The van der Waals surface area contributed by atoms with Crippen molar-refractivity contribution < 1.29 is 18.3 Å². The number of aromatic nitrogens is 3. The minimum atomic E-state index is -2.87. The molecule has 1 aromatic carbocycles. The van der Waals surface area contributed by atoms with Gasteiger partial charge in [-0.25, -0.2) is 13.8 Å². The number of phenolic OH excluding ortho intramolecular Hbond substituents is 1. The molecule has 0 saturated carbocycles. The van der Waals surface area contributed by atoms with Gasteiger partial charge in [0.05, 0.1) is 18.3 Å². The summed E-state index contributed by atoms with van der Waals surface area (Å²) in [4.78, 5) is 5.69. The number of phenols is 1. The Balaban J connectivity index is 1.58. The largest absolute Gasteiger partial charge is 0.507 e. The molecule has 0 aliphatic carbocycles. The van der Waals surface area contributed by atoms with Crippen molar-refractivity contribution in [3.63, 3.8) is 0 Å². The van der Waals surface area contributed by atoms with Crippen LogP contribution >= 0.6 is 0 Å². The van der Waals surface area contributed by atoms with Crippen LogP contribution < -0.4 is 10.2 Å². The summed E-state index contributed by atoms with van der Waals surface area (Å²) in [6.45, 7) is 7.01. The summed E-state index contributed by atoms with van der Waals surface area (Å²) in [5.41, 5.74) is 1.50. The Bertz CT molecular complexity index is 1040. The van der Waals surface area contributed by atoms with Crippen LogP contribution in [0.15, 0.2) is 28.7 Å². The maximum Gasteiger partial charge on any atom is 0.281 e. The van der Waals surface area contributed by atoms with Crippen LogP contribution in [0.1, 0.15) is 26.7 Å². The van der Waals surface area contributed by atoms with Crippen molar-refractivity contribution in [2.45, 2.75) is 45.2 Å². The maximum atomic E-state index is 14.4. The highest BCUT2D eigenvalue weighted by molar-refractivity contribution is 5.83. The minimum Gasteiger partial charge on any atom is -0.507 e. The summed E-state index contributed by atoms with van der Waals surface area (Å²) >= 11 is 0. The van der Waals surface area contributed by atoms with Crippen LogP contribution in [0.25, 0.3) is 22.4 Å². The lowest BCUT2D eigenvalue weighted by Gasteiger charge is -2.28. The molecule has 1 aliphatic rings. The van der Waals surface area contributed by atoms with Crippen molar-refractivity contribution in [1.29, 1.82) is 0 Å². The third-order valence-electron chi connectivity index (χ3n) is 4.78. The lowest BCUT2D eigenvalue weighted by molar-refractivity contribution is -0.00924. The summed E-state index contributed by atoms with van der Waals surface area (Å²) in [6.07, 6.45) is 0. The Morgan fingerprint density at radius 1 is 1.24 bits per heavy atom. The van der Waals surface area contributed by atoms with Gasteiger partial charge in [-0.1, -0.05) is 0 Å². The van der Waals surface area contributed by atoms with Crippen LogP contribution in [0, 0.1) is 6.92 Å². The predicted molar refractivity (Wildman–Crippen MR) is 105 cm³/mol. The number of halogens is 2. The van der Waals surface area contributed by atoms with Crippen LogP contribution in [0.3, 0.4) is 0 Å². The standard InChI is InChI=1S/C20H23F2N5O2/c1-11-23-14-8-15(28)12(7-16(14)29-11)13-5-6-18(26-25-13)27-9-17(20(21,22)10-27)24-19(2,3)4/h5-8,17,24,28H,9-10H2,1-4H3. The van der Waals surface area contributed by atoms with Gasteiger partial charge in [-0.15, -0.1) is 10.2 Å². The highest BCUT2D eigenvalue weighted by Gasteiger charge is 2.49. The molecule has 0 spiro atoms. The Labute approximate surface area is 166 Å². The molecule has 1 atom stereocenters. The van der Waals surface area contributed by atoms with Crippen molar-refractivity contribution in [3.8, 4) is 17.0 Å². The smallest absolute Gasteiger partial charge is 0.281 e. The van der Waals surface area contributed by atoms with Crippen molar-refractivity contribution in [3.05, 3.63) is 30.2 Å². The van der Waals surface area contributed by atoms with Crippen molar-refractivity contribution in [1.82, 2.24) is 20.5 Å². The number of rotatable bonds is 3.